The van der Waals surface area contributed by atoms with Crippen LogP contribution < -0.4 is 35.3 Å². The Morgan fingerprint density at radius 1 is 1.43 bits per heavy atom. The van der Waals surface area contributed by atoms with E-state index < -0.39 is 0 Å². The van der Waals surface area contributed by atoms with Gasteiger partial charge in [0.15, 0.2) is 0 Å². The van der Waals surface area contributed by atoms with E-state index in [0.717, 1.165) is 12.8 Å². The average Bonchev–Trinajstić information content (AvgIpc) is 2.08. The summed E-state index contributed by atoms with van der Waals surface area (Å²) < 4.78 is 0. The summed E-state index contributed by atoms with van der Waals surface area (Å²) in [5, 5.41) is 0. The standard InChI is InChI=1S/C12H17N.Na.H/c1-3-6-11-7-4-5-8-12(11)9-10(2)13;;/h3-5,7-8,10H,1,6,9,13H2,2H3;;/q;+1;-1. The molecule has 1 aromatic carbocycles. The van der Waals surface area contributed by atoms with Gasteiger partial charge in [0.1, 0.15) is 0 Å². The third-order valence-corrected chi connectivity index (χ3v) is 2.02. The molecule has 1 atom stereocenters. The molecule has 0 fully saturated rings. The monoisotopic (exact) mass is 199 g/mol. The van der Waals surface area contributed by atoms with Gasteiger partial charge in [0.25, 0.3) is 0 Å². The Morgan fingerprint density at radius 2 is 2.00 bits per heavy atom. The fourth-order valence-electron chi connectivity index (χ4n) is 1.46. The van der Waals surface area contributed by atoms with Crippen LogP contribution in [0, 0.1) is 0 Å². The second kappa shape index (κ2) is 7.24. The van der Waals surface area contributed by atoms with Crippen molar-refractivity contribution in [3.05, 3.63) is 48.0 Å². The summed E-state index contributed by atoms with van der Waals surface area (Å²) in [6, 6.07) is 8.63. The SMILES string of the molecule is C=CCc1ccccc1CC(C)N.[H-].[Na+]. The second-order valence-corrected chi connectivity index (χ2v) is 3.44. The van der Waals surface area contributed by atoms with Gasteiger partial charge < -0.3 is 7.16 Å². The maximum absolute atomic E-state index is 5.76. The van der Waals surface area contributed by atoms with Crippen LogP contribution in [0.5, 0.6) is 0 Å². The maximum Gasteiger partial charge on any atom is 1.00 e. The zero-order chi connectivity index (χ0) is 9.68. The number of nitrogens with two attached hydrogens (primary N) is 1. The molecule has 0 amide bonds. The van der Waals surface area contributed by atoms with Crippen LogP contribution in [0.4, 0.5) is 0 Å². The predicted molar refractivity (Wildman–Crippen MR) is 58.8 cm³/mol. The fourth-order valence-corrected chi connectivity index (χ4v) is 1.46. The molecule has 0 saturated carbocycles. The van der Waals surface area contributed by atoms with Gasteiger partial charge in [0, 0.05) is 6.04 Å². The first kappa shape index (κ1) is 13.9. The van der Waals surface area contributed by atoms with Crippen molar-refractivity contribution in [2.75, 3.05) is 0 Å². The minimum absolute atomic E-state index is 0. The molecule has 2 N–H and O–H groups in total. The normalized spacial score (nSPS) is 11.6. The van der Waals surface area contributed by atoms with Gasteiger partial charge in [0.2, 0.25) is 0 Å². The van der Waals surface area contributed by atoms with E-state index in [9.17, 15) is 0 Å². The molecule has 0 aliphatic carbocycles. The summed E-state index contributed by atoms with van der Waals surface area (Å²) in [6.07, 6.45) is 3.81. The molecule has 0 heterocycles. The molecule has 0 aromatic heterocycles. The number of hydrogen-bond donors (Lipinski definition) is 1. The van der Waals surface area contributed by atoms with Crippen LogP contribution in [0.1, 0.15) is 19.5 Å². The predicted octanol–water partition coefficient (Wildman–Crippen LogP) is -0.579. The molecule has 0 radical (unpaired) electrons. The number of hydrogen-bond acceptors (Lipinski definition) is 1. The first-order valence-corrected chi connectivity index (χ1v) is 4.67. The quantitative estimate of drug-likeness (QED) is 0.509. The van der Waals surface area contributed by atoms with Crippen molar-refractivity contribution in [1.82, 2.24) is 0 Å². The van der Waals surface area contributed by atoms with Crippen molar-refractivity contribution in [1.29, 1.82) is 0 Å². The first-order valence-electron chi connectivity index (χ1n) is 4.67. The van der Waals surface area contributed by atoms with Crippen LogP contribution in [0.3, 0.4) is 0 Å². The number of rotatable bonds is 4. The summed E-state index contributed by atoms with van der Waals surface area (Å²) in [5.74, 6) is 0. The molecule has 0 aliphatic heterocycles. The first-order chi connectivity index (χ1) is 6.24. The number of benzene rings is 1. The summed E-state index contributed by atoms with van der Waals surface area (Å²) >= 11 is 0. The van der Waals surface area contributed by atoms with Crippen molar-refractivity contribution < 1.29 is 31.0 Å². The summed E-state index contributed by atoms with van der Waals surface area (Å²) in [5.41, 5.74) is 8.45. The topological polar surface area (TPSA) is 26.0 Å². The Kier molecular flexibility index (Phi) is 7.20. The van der Waals surface area contributed by atoms with E-state index in [2.05, 4.69) is 30.8 Å². The third kappa shape index (κ3) is 4.43. The molecule has 72 valence electrons. The molecule has 1 rings (SSSR count). The molecule has 2 heteroatoms. The Morgan fingerprint density at radius 3 is 2.50 bits per heavy atom. The van der Waals surface area contributed by atoms with Crippen LogP contribution in [-0.2, 0) is 12.8 Å². The molecular weight excluding hydrogens is 181 g/mol. The van der Waals surface area contributed by atoms with E-state index in [-0.39, 0.29) is 37.0 Å². The van der Waals surface area contributed by atoms with Gasteiger partial charge in [-0.15, -0.1) is 6.58 Å². The van der Waals surface area contributed by atoms with E-state index in [1.165, 1.54) is 11.1 Å². The van der Waals surface area contributed by atoms with E-state index in [4.69, 9.17) is 5.73 Å². The zero-order valence-electron chi connectivity index (χ0n) is 10.2. The average molecular weight is 199 g/mol. The Bertz CT molecular complexity index is 287. The summed E-state index contributed by atoms with van der Waals surface area (Å²) in [4.78, 5) is 0. The van der Waals surface area contributed by atoms with Crippen LogP contribution in [-0.4, -0.2) is 6.04 Å². The van der Waals surface area contributed by atoms with Gasteiger partial charge in [-0.2, -0.15) is 0 Å². The van der Waals surface area contributed by atoms with Crippen LogP contribution in [0.2, 0.25) is 0 Å². The van der Waals surface area contributed by atoms with Crippen LogP contribution in [0.15, 0.2) is 36.9 Å². The Balaban J connectivity index is 0. The van der Waals surface area contributed by atoms with Gasteiger partial charge in [-0.1, -0.05) is 30.3 Å². The van der Waals surface area contributed by atoms with Crippen molar-refractivity contribution in [3.8, 4) is 0 Å². The van der Waals surface area contributed by atoms with Crippen LogP contribution >= 0.6 is 0 Å². The van der Waals surface area contributed by atoms with E-state index >= 15 is 0 Å². The molecule has 1 unspecified atom stereocenters. The summed E-state index contributed by atoms with van der Waals surface area (Å²) in [6.45, 7) is 5.78. The molecule has 0 spiro atoms. The molecule has 14 heavy (non-hydrogen) atoms. The fraction of sp³-hybridized carbons (Fsp3) is 0.333. The Hall–Kier alpha value is -0.0800. The summed E-state index contributed by atoms with van der Waals surface area (Å²) in [7, 11) is 0. The number of allylic oxidation sites excluding steroid dienone is 1. The van der Waals surface area contributed by atoms with E-state index in [1.54, 1.807) is 0 Å². The largest absolute Gasteiger partial charge is 1.00 e. The second-order valence-electron chi connectivity index (χ2n) is 3.44. The third-order valence-electron chi connectivity index (χ3n) is 2.02. The molecule has 0 aliphatic rings. The van der Waals surface area contributed by atoms with Crippen molar-refractivity contribution in [3.63, 3.8) is 0 Å². The van der Waals surface area contributed by atoms with Gasteiger partial charge in [-0.3, -0.25) is 0 Å². The molecule has 0 bridgehead atoms. The molecular formula is C12H18NNa. The van der Waals surface area contributed by atoms with E-state index in [0.29, 0.717) is 0 Å². The zero-order valence-corrected chi connectivity index (χ0v) is 11.2. The van der Waals surface area contributed by atoms with Crippen LogP contribution in [0.25, 0.3) is 0 Å². The Labute approximate surface area is 110 Å². The molecule has 0 saturated heterocycles. The molecule has 1 aromatic rings. The minimum Gasteiger partial charge on any atom is -1.00 e. The van der Waals surface area contributed by atoms with Gasteiger partial charge >= 0.3 is 29.6 Å². The van der Waals surface area contributed by atoms with E-state index in [1.807, 2.05) is 13.0 Å². The van der Waals surface area contributed by atoms with Gasteiger partial charge in [-0.25, -0.2) is 0 Å². The van der Waals surface area contributed by atoms with Gasteiger partial charge in [0.05, 0.1) is 0 Å². The van der Waals surface area contributed by atoms with Gasteiger partial charge in [-0.05, 0) is 30.9 Å². The smallest absolute Gasteiger partial charge is 1.00 e. The maximum atomic E-state index is 5.76. The van der Waals surface area contributed by atoms with Crippen molar-refractivity contribution in [2.24, 2.45) is 5.73 Å². The molecule has 1 nitrogen and oxygen atoms in total. The van der Waals surface area contributed by atoms with Crippen molar-refractivity contribution in [2.45, 2.75) is 25.8 Å². The minimum atomic E-state index is 0. The van der Waals surface area contributed by atoms with Crippen molar-refractivity contribution >= 4 is 0 Å².